The molecule has 0 radical (unpaired) electrons. The number of nitro benzene ring substituents is 1. The molecule has 6 heteroatoms. The summed E-state index contributed by atoms with van der Waals surface area (Å²) in [6, 6.07) is 12.8. The highest BCUT2D eigenvalue weighted by Gasteiger charge is 2.11. The Labute approximate surface area is 123 Å². The zero-order valence-electron chi connectivity index (χ0n) is 9.88. The van der Waals surface area contributed by atoms with E-state index in [1.54, 1.807) is 17.8 Å². The Morgan fingerprint density at radius 2 is 2.05 bits per heavy atom. The lowest BCUT2D eigenvalue weighted by atomic mass is 10.2. The molecule has 0 heterocycles. The summed E-state index contributed by atoms with van der Waals surface area (Å²) < 4.78 is 1.01. The van der Waals surface area contributed by atoms with Crippen LogP contribution in [0.25, 0.3) is 0 Å². The summed E-state index contributed by atoms with van der Waals surface area (Å²) in [5.41, 5.74) is 6.60. The van der Waals surface area contributed by atoms with E-state index < -0.39 is 4.92 Å². The highest BCUT2D eigenvalue weighted by atomic mass is 79.9. The van der Waals surface area contributed by atoms with Gasteiger partial charge in [0.25, 0.3) is 5.69 Å². The van der Waals surface area contributed by atoms with E-state index >= 15 is 0 Å². The van der Waals surface area contributed by atoms with E-state index in [9.17, 15) is 10.1 Å². The van der Waals surface area contributed by atoms with E-state index in [0.29, 0.717) is 5.75 Å². The third kappa shape index (κ3) is 3.71. The molecule has 0 aromatic heterocycles. The molecule has 19 heavy (non-hydrogen) atoms. The summed E-state index contributed by atoms with van der Waals surface area (Å²) >= 11 is 5.03. The van der Waals surface area contributed by atoms with Gasteiger partial charge in [-0.2, -0.15) is 0 Å². The average molecular weight is 339 g/mol. The van der Waals surface area contributed by atoms with Crippen LogP contribution in [0.2, 0.25) is 0 Å². The molecular formula is C13H11BrN2O2S. The van der Waals surface area contributed by atoms with Crippen LogP contribution in [0.15, 0.2) is 51.8 Å². The van der Waals surface area contributed by atoms with Crippen molar-refractivity contribution in [2.45, 2.75) is 10.6 Å². The summed E-state index contributed by atoms with van der Waals surface area (Å²) in [4.78, 5) is 11.5. The summed E-state index contributed by atoms with van der Waals surface area (Å²) in [6.07, 6.45) is 0. The summed E-state index contributed by atoms with van der Waals surface area (Å²) in [6.45, 7) is 0. The van der Waals surface area contributed by atoms with Crippen molar-refractivity contribution in [1.29, 1.82) is 0 Å². The van der Waals surface area contributed by atoms with Gasteiger partial charge in [-0.15, -0.1) is 11.8 Å². The molecule has 0 atom stereocenters. The standard InChI is InChI=1S/C13H11BrN2O2S/c14-10-2-1-3-11(7-10)19-8-9-4-5-12(15)13(6-9)16(17)18/h1-7H,8,15H2. The first-order chi connectivity index (χ1) is 9.06. The molecule has 0 aliphatic heterocycles. The van der Waals surface area contributed by atoms with Crippen LogP contribution in [0.1, 0.15) is 5.56 Å². The molecule has 2 N–H and O–H groups in total. The SMILES string of the molecule is Nc1ccc(CSc2cccc(Br)c2)cc1[N+](=O)[O-]. The first kappa shape index (κ1) is 13.9. The molecule has 2 rings (SSSR count). The van der Waals surface area contributed by atoms with Crippen LogP contribution in [0.5, 0.6) is 0 Å². The second kappa shape index (κ2) is 6.08. The fourth-order valence-electron chi connectivity index (χ4n) is 1.56. The molecule has 98 valence electrons. The number of nitro groups is 1. The number of nitrogens with zero attached hydrogens (tertiary/aromatic N) is 1. The van der Waals surface area contributed by atoms with Gasteiger partial charge in [0.1, 0.15) is 5.69 Å². The molecule has 0 saturated carbocycles. The molecule has 0 aliphatic carbocycles. The molecule has 2 aromatic rings. The molecule has 0 bridgehead atoms. The Morgan fingerprint density at radius 3 is 2.74 bits per heavy atom. The van der Waals surface area contributed by atoms with Crippen LogP contribution >= 0.6 is 27.7 Å². The Hall–Kier alpha value is -1.53. The highest BCUT2D eigenvalue weighted by molar-refractivity contribution is 9.10. The number of hydrogen-bond donors (Lipinski definition) is 1. The summed E-state index contributed by atoms with van der Waals surface area (Å²) in [7, 11) is 0. The van der Waals surface area contributed by atoms with Crippen molar-refractivity contribution in [3.63, 3.8) is 0 Å². The van der Waals surface area contributed by atoms with Crippen molar-refractivity contribution in [3.05, 3.63) is 62.6 Å². The maximum atomic E-state index is 10.8. The van der Waals surface area contributed by atoms with Gasteiger partial charge in [0.2, 0.25) is 0 Å². The van der Waals surface area contributed by atoms with Gasteiger partial charge >= 0.3 is 0 Å². The van der Waals surface area contributed by atoms with Gasteiger partial charge in [-0.05, 0) is 29.8 Å². The number of nitrogen functional groups attached to an aromatic ring is 1. The third-order valence-corrected chi connectivity index (χ3v) is 4.05. The first-order valence-corrected chi connectivity index (χ1v) is 7.25. The van der Waals surface area contributed by atoms with Crippen LogP contribution in [-0.2, 0) is 5.75 Å². The third-order valence-electron chi connectivity index (χ3n) is 2.49. The van der Waals surface area contributed by atoms with Gasteiger partial charge in [0.05, 0.1) is 4.92 Å². The summed E-state index contributed by atoms with van der Waals surface area (Å²) in [5.74, 6) is 0.664. The van der Waals surface area contributed by atoms with Crippen LogP contribution in [-0.4, -0.2) is 4.92 Å². The van der Waals surface area contributed by atoms with Crippen molar-refractivity contribution in [1.82, 2.24) is 0 Å². The number of nitrogens with two attached hydrogens (primary N) is 1. The lowest BCUT2D eigenvalue weighted by Gasteiger charge is -2.04. The van der Waals surface area contributed by atoms with E-state index in [1.165, 1.54) is 6.07 Å². The van der Waals surface area contributed by atoms with E-state index in [1.807, 2.05) is 30.3 Å². The van der Waals surface area contributed by atoms with E-state index in [4.69, 9.17) is 5.73 Å². The molecule has 2 aromatic carbocycles. The second-order valence-corrected chi connectivity index (χ2v) is 5.86. The van der Waals surface area contributed by atoms with Gasteiger partial charge < -0.3 is 5.73 Å². The van der Waals surface area contributed by atoms with Crippen LogP contribution in [0, 0.1) is 10.1 Å². The number of halogens is 1. The van der Waals surface area contributed by atoms with E-state index in [2.05, 4.69) is 15.9 Å². The number of benzene rings is 2. The number of rotatable bonds is 4. The largest absolute Gasteiger partial charge is 0.393 e. The lowest BCUT2D eigenvalue weighted by molar-refractivity contribution is -0.383. The quantitative estimate of drug-likeness (QED) is 0.392. The van der Waals surface area contributed by atoms with Crippen molar-refractivity contribution in [3.8, 4) is 0 Å². The molecule has 0 fully saturated rings. The lowest BCUT2D eigenvalue weighted by Crippen LogP contribution is -1.96. The summed E-state index contributed by atoms with van der Waals surface area (Å²) in [5, 5.41) is 10.8. The van der Waals surface area contributed by atoms with Gasteiger partial charge in [-0.1, -0.05) is 28.1 Å². The minimum atomic E-state index is -0.456. The Morgan fingerprint density at radius 1 is 1.26 bits per heavy atom. The van der Waals surface area contributed by atoms with Gasteiger partial charge in [0, 0.05) is 21.2 Å². The molecule has 0 amide bonds. The van der Waals surface area contributed by atoms with E-state index in [0.717, 1.165) is 14.9 Å². The fraction of sp³-hybridized carbons (Fsp3) is 0.0769. The van der Waals surface area contributed by atoms with Gasteiger partial charge in [0.15, 0.2) is 0 Å². The second-order valence-electron chi connectivity index (χ2n) is 3.90. The molecule has 0 spiro atoms. The number of thioether (sulfide) groups is 1. The van der Waals surface area contributed by atoms with Crippen molar-refractivity contribution >= 4 is 39.1 Å². The Kier molecular flexibility index (Phi) is 4.44. The van der Waals surface area contributed by atoms with Crippen LogP contribution in [0.3, 0.4) is 0 Å². The normalized spacial score (nSPS) is 10.4. The van der Waals surface area contributed by atoms with Crippen molar-refractivity contribution in [2.24, 2.45) is 0 Å². The number of anilines is 1. The molecule has 4 nitrogen and oxygen atoms in total. The minimum Gasteiger partial charge on any atom is -0.393 e. The molecular weight excluding hydrogens is 328 g/mol. The predicted molar refractivity (Wildman–Crippen MR) is 81.2 cm³/mol. The molecule has 0 unspecified atom stereocenters. The maximum Gasteiger partial charge on any atom is 0.292 e. The highest BCUT2D eigenvalue weighted by Crippen LogP contribution is 2.28. The monoisotopic (exact) mass is 338 g/mol. The zero-order chi connectivity index (χ0) is 13.8. The minimum absolute atomic E-state index is 0.0349. The Balaban J connectivity index is 2.12. The molecule has 0 saturated heterocycles. The molecule has 0 aliphatic rings. The smallest absolute Gasteiger partial charge is 0.292 e. The van der Waals surface area contributed by atoms with Crippen molar-refractivity contribution in [2.75, 3.05) is 5.73 Å². The maximum absolute atomic E-state index is 10.8. The van der Waals surface area contributed by atoms with Crippen LogP contribution in [0.4, 0.5) is 11.4 Å². The first-order valence-electron chi connectivity index (χ1n) is 5.47. The fourth-order valence-corrected chi connectivity index (χ4v) is 3.01. The van der Waals surface area contributed by atoms with Gasteiger partial charge in [-0.3, -0.25) is 10.1 Å². The predicted octanol–water partition coefficient (Wildman–Crippen LogP) is 4.23. The van der Waals surface area contributed by atoms with Crippen molar-refractivity contribution < 1.29 is 4.92 Å². The van der Waals surface area contributed by atoms with Gasteiger partial charge in [-0.25, -0.2) is 0 Å². The zero-order valence-corrected chi connectivity index (χ0v) is 12.3. The number of hydrogen-bond acceptors (Lipinski definition) is 4. The Bertz CT molecular complexity index is 619. The van der Waals surface area contributed by atoms with E-state index in [-0.39, 0.29) is 11.4 Å². The topological polar surface area (TPSA) is 69.2 Å². The average Bonchev–Trinajstić information content (AvgIpc) is 2.37. The van der Waals surface area contributed by atoms with Crippen LogP contribution < -0.4 is 5.73 Å².